The molecule has 1 aliphatic rings. The average molecular weight is 430 g/mol. The van der Waals surface area contributed by atoms with Crippen molar-refractivity contribution in [3.8, 4) is 5.75 Å². The molecule has 5 nitrogen and oxygen atoms in total. The number of benzene rings is 3. The first-order chi connectivity index (χ1) is 15.3. The second kappa shape index (κ2) is 8.30. The molecular weight excluding hydrogens is 407 g/mol. The second-order valence-corrected chi connectivity index (χ2v) is 7.82. The molecule has 0 unspecified atom stereocenters. The van der Waals surface area contributed by atoms with Gasteiger partial charge in [0.05, 0.1) is 18.4 Å². The summed E-state index contributed by atoms with van der Waals surface area (Å²) in [4.78, 5) is 28.3. The number of anilines is 2. The minimum atomic E-state index is -0.502. The fourth-order valence-electron chi connectivity index (χ4n) is 3.81. The Balaban J connectivity index is 1.87. The number of carbonyl (C=O) groups is 2. The van der Waals surface area contributed by atoms with E-state index in [1.54, 1.807) is 12.1 Å². The van der Waals surface area contributed by atoms with Crippen LogP contribution in [0.3, 0.4) is 0 Å². The largest absolute Gasteiger partial charge is 0.495 e. The number of ether oxygens (including phenoxy) is 1. The number of halogens is 1. The minimum Gasteiger partial charge on any atom is -0.495 e. The lowest BCUT2D eigenvalue weighted by molar-refractivity contribution is -0.120. The number of amides is 2. The van der Waals surface area contributed by atoms with Crippen LogP contribution < -0.4 is 15.0 Å². The van der Waals surface area contributed by atoms with Crippen LogP contribution in [0, 0.1) is 26.6 Å². The van der Waals surface area contributed by atoms with Crippen molar-refractivity contribution < 1.29 is 18.7 Å². The zero-order chi connectivity index (χ0) is 23.0. The van der Waals surface area contributed by atoms with Crippen molar-refractivity contribution in [3.05, 3.63) is 94.4 Å². The molecule has 0 radical (unpaired) electrons. The maximum atomic E-state index is 13.6. The fraction of sp³-hybridized carbons (Fsp3) is 0.154. The van der Waals surface area contributed by atoms with E-state index >= 15 is 0 Å². The van der Waals surface area contributed by atoms with Gasteiger partial charge < -0.3 is 10.1 Å². The number of nitrogens with zero attached hydrogens (tertiary/aromatic N) is 1. The van der Waals surface area contributed by atoms with Gasteiger partial charge in [-0.2, -0.15) is 0 Å². The van der Waals surface area contributed by atoms with E-state index in [0.29, 0.717) is 22.7 Å². The highest BCUT2D eigenvalue weighted by Crippen LogP contribution is 2.38. The smallest absolute Gasteiger partial charge is 0.282 e. The third-order valence-corrected chi connectivity index (χ3v) is 5.43. The van der Waals surface area contributed by atoms with Gasteiger partial charge >= 0.3 is 0 Å². The summed E-state index contributed by atoms with van der Waals surface area (Å²) in [5.74, 6) is -1.02. The Kier molecular flexibility index (Phi) is 5.53. The molecule has 1 N–H and O–H groups in total. The molecule has 0 fully saturated rings. The van der Waals surface area contributed by atoms with Gasteiger partial charge in [-0.25, -0.2) is 9.29 Å². The molecule has 4 rings (SSSR count). The number of hydrogen-bond acceptors (Lipinski definition) is 4. The number of hydrogen-bond donors (Lipinski definition) is 1. The summed E-state index contributed by atoms with van der Waals surface area (Å²) in [5, 5.41) is 3.16. The normalized spacial score (nSPS) is 13.7. The second-order valence-electron chi connectivity index (χ2n) is 7.82. The molecule has 3 aromatic carbocycles. The van der Waals surface area contributed by atoms with Crippen LogP contribution in [0.15, 0.2) is 66.4 Å². The van der Waals surface area contributed by atoms with Crippen LogP contribution in [0.2, 0.25) is 0 Å². The van der Waals surface area contributed by atoms with Crippen molar-refractivity contribution in [1.82, 2.24) is 0 Å². The molecule has 0 saturated carbocycles. The van der Waals surface area contributed by atoms with Gasteiger partial charge in [0, 0.05) is 5.69 Å². The molecule has 3 aromatic rings. The molecule has 0 aliphatic carbocycles. The lowest BCUT2D eigenvalue weighted by Gasteiger charge is -2.19. The number of aryl methyl sites for hydroxylation is 3. The standard InChI is InChI=1S/C26H23FN2O3/c1-15-5-11-20(17(3)13-15)28-24-23(18-7-9-19(27)10-8-18)25(30)29(26(24)31)21-14-16(2)6-12-22(21)32-4/h5-14,28H,1-4H3. The van der Waals surface area contributed by atoms with Crippen molar-refractivity contribution >= 4 is 28.8 Å². The van der Waals surface area contributed by atoms with E-state index in [-0.39, 0.29) is 11.3 Å². The van der Waals surface area contributed by atoms with Crippen molar-refractivity contribution in [2.24, 2.45) is 0 Å². The van der Waals surface area contributed by atoms with Crippen LogP contribution in [-0.2, 0) is 9.59 Å². The molecule has 0 spiro atoms. The van der Waals surface area contributed by atoms with E-state index < -0.39 is 17.6 Å². The van der Waals surface area contributed by atoms with Crippen molar-refractivity contribution in [2.45, 2.75) is 20.8 Å². The first-order valence-corrected chi connectivity index (χ1v) is 10.2. The summed E-state index contributed by atoms with van der Waals surface area (Å²) in [5.41, 5.74) is 4.73. The van der Waals surface area contributed by atoms with Crippen LogP contribution in [0.25, 0.3) is 5.57 Å². The zero-order valence-corrected chi connectivity index (χ0v) is 18.3. The van der Waals surface area contributed by atoms with Gasteiger partial charge in [-0.15, -0.1) is 0 Å². The van der Waals surface area contributed by atoms with E-state index in [2.05, 4.69) is 5.32 Å². The molecule has 0 atom stereocenters. The van der Waals surface area contributed by atoms with Crippen LogP contribution in [-0.4, -0.2) is 18.9 Å². The zero-order valence-electron chi connectivity index (χ0n) is 18.3. The Morgan fingerprint density at radius 3 is 2.16 bits per heavy atom. The Hall–Kier alpha value is -3.93. The summed E-state index contributed by atoms with van der Waals surface area (Å²) < 4.78 is 19.0. The van der Waals surface area contributed by atoms with E-state index in [0.717, 1.165) is 21.6 Å². The van der Waals surface area contributed by atoms with Gasteiger partial charge in [0.2, 0.25) is 0 Å². The SMILES string of the molecule is COc1ccc(C)cc1N1C(=O)C(Nc2ccc(C)cc2C)=C(c2ccc(F)cc2)C1=O. The molecule has 32 heavy (non-hydrogen) atoms. The van der Waals surface area contributed by atoms with Crippen LogP contribution in [0.5, 0.6) is 5.75 Å². The van der Waals surface area contributed by atoms with Crippen LogP contribution in [0.4, 0.5) is 15.8 Å². The highest BCUT2D eigenvalue weighted by Gasteiger charge is 2.41. The predicted octanol–water partition coefficient (Wildman–Crippen LogP) is 5.16. The van der Waals surface area contributed by atoms with E-state index in [9.17, 15) is 14.0 Å². The molecule has 1 heterocycles. The van der Waals surface area contributed by atoms with Gasteiger partial charge in [-0.1, -0.05) is 35.9 Å². The monoisotopic (exact) mass is 430 g/mol. The first kappa shape index (κ1) is 21.3. The summed E-state index contributed by atoms with van der Waals surface area (Å²) in [6.07, 6.45) is 0. The quantitative estimate of drug-likeness (QED) is 0.569. The first-order valence-electron chi connectivity index (χ1n) is 10.2. The molecule has 162 valence electrons. The maximum Gasteiger partial charge on any atom is 0.282 e. The highest BCUT2D eigenvalue weighted by molar-refractivity contribution is 6.46. The average Bonchev–Trinajstić information content (AvgIpc) is 3.00. The lowest BCUT2D eigenvalue weighted by atomic mass is 10.0. The third-order valence-electron chi connectivity index (χ3n) is 5.43. The Morgan fingerprint density at radius 2 is 1.50 bits per heavy atom. The number of methoxy groups -OCH3 is 1. The Morgan fingerprint density at radius 1 is 0.844 bits per heavy atom. The summed E-state index contributed by atoms with van der Waals surface area (Å²) >= 11 is 0. The van der Waals surface area contributed by atoms with Gasteiger partial charge in [0.25, 0.3) is 11.8 Å². The minimum absolute atomic E-state index is 0.136. The molecular formula is C26H23FN2O3. The topological polar surface area (TPSA) is 58.6 Å². The van der Waals surface area contributed by atoms with Crippen molar-refractivity contribution in [1.29, 1.82) is 0 Å². The fourth-order valence-corrected chi connectivity index (χ4v) is 3.81. The molecule has 0 bridgehead atoms. The Labute approximate surface area is 186 Å². The number of nitrogens with one attached hydrogen (secondary N) is 1. The van der Waals surface area contributed by atoms with Gasteiger partial charge in [-0.3, -0.25) is 9.59 Å². The van der Waals surface area contributed by atoms with E-state index in [4.69, 9.17) is 4.74 Å². The van der Waals surface area contributed by atoms with Crippen LogP contribution >= 0.6 is 0 Å². The molecule has 1 aliphatic heterocycles. The van der Waals surface area contributed by atoms with Crippen molar-refractivity contribution in [3.63, 3.8) is 0 Å². The highest BCUT2D eigenvalue weighted by atomic mass is 19.1. The van der Waals surface area contributed by atoms with Gasteiger partial charge in [0.1, 0.15) is 17.3 Å². The summed E-state index contributed by atoms with van der Waals surface area (Å²) in [6.45, 7) is 5.78. The van der Waals surface area contributed by atoms with Crippen LogP contribution in [0.1, 0.15) is 22.3 Å². The lowest BCUT2D eigenvalue weighted by Crippen LogP contribution is -2.32. The third kappa shape index (κ3) is 3.75. The van der Waals surface area contributed by atoms with Gasteiger partial charge in [-0.05, 0) is 67.8 Å². The number of rotatable bonds is 5. The maximum absolute atomic E-state index is 13.6. The van der Waals surface area contributed by atoms with Gasteiger partial charge in [0.15, 0.2) is 0 Å². The Bertz CT molecular complexity index is 1260. The summed E-state index contributed by atoms with van der Waals surface area (Å²) in [6, 6.07) is 16.6. The molecule has 6 heteroatoms. The molecule has 0 aromatic heterocycles. The molecule has 0 saturated heterocycles. The number of imide groups is 1. The van der Waals surface area contributed by atoms with Crippen molar-refractivity contribution in [2.75, 3.05) is 17.3 Å². The summed E-state index contributed by atoms with van der Waals surface area (Å²) in [7, 11) is 1.49. The number of carbonyl (C=O) groups excluding carboxylic acids is 2. The van der Waals surface area contributed by atoms with E-state index in [1.165, 1.54) is 31.4 Å². The predicted molar refractivity (Wildman–Crippen MR) is 123 cm³/mol. The van der Waals surface area contributed by atoms with E-state index in [1.807, 2.05) is 45.0 Å². The molecule has 2 amide bonds.